The highest BCUT2D eigenvalue weighted by Crippen LogP contribution is 2.30. The largest absolute Gasteiger partial charge is 0.383 e. The lowest BCUT2D eigenvalue weighted by atomic mass is 9.96. The molecular weight excluding hydrogens is 548 g/mol. The van der Waals surface area contributed by atoms with Crippen LogP contribution in [0.4, 0.5) is 5.82 Å². The second-order valence-electron chi connectivity index (χ2n) is 11.7. The molecule has 4 heterocycles. The van der Waals surface area contributed by atoms with E-state index in [0.717, 1.165) is 77.2 Å². The van der Waals surface area contributed by atoms with Crippen LogP contribution in [0.15, 0.2) is 96.3 Å². The van der Waals surface area contributed by atoms with Gasteiger partial charge in [0.15, 0.2) is 11.2 Å². The van der Waals surface area contributed by atoms with Crippen LogP contribution in [0.1, 0.15) is 40.0 Å². The maximum absolute atomic E-state index is 13.7. The average Bonchev–Trinajstić information content (AvgIpc) is 3.03. The van der Waals surface area contributed by atoms with Crippen molar-refractivity contribution in [3.63, 3.8) is 0 Å². The van der Waals surface area contributed by atoms with Gasteiger partial charge < -0.3 is 15.0 Å². The van der Waals surface area contributed by atoms with Crippen molar-refractivity contribution in [3.05, 3.63) is 124 Å². The minimum absolute atomic E-state index is 0.119. The number of carbonyl (C=O) groups is 1. The molecule has 3 aromatic heterocycles. The normalized spacial score (nSPS) is 13.6. The zero-order valence-corrected chi connectivity index (χ0v) is 25.1. The van der Waals surface area contributed by atoms with Gasteiger partial charge in [0.05, 0.1) is 5.56 Å². The summed E-state index contributed by atoms with van der Waals surface area (Å²) in [5.41, 5.74) is 14.2. The molecule has 0 radical (unpaired) electrons. The van der Waals surface area contributed by atoms with Crippen molar-refractivity contribution in [2.24, 2.45) is 5.92 Å². The van der Waals surface area contributed by atoms with Crippen molar-refractivity contribution in [1.82, 2.24) is 14.5 Å². The SMILES string of the molecule is Cc1ccc(-c2cn(CC3CCOCC3)cc(C(=O)Cc3ccc(-c4cc(-c5ccnc(C)c5)cnc4N)cc3)c2=O)cc1. The number of benzene rings is 2. The van der Waals surface area contributed by atoms with Crippen LogP contribution in [-0.4, -0.2) is 33.5 Å². The molecule has 0 bridgehead atoms. The Kier molecular flexibility index (Phi) is 8.48. The number of Topliss-reactive ketones (excluding diaryl/α,β-unsaturated/α-hetero) is 1. The quantitative estimate of drug-likeness (QED) is 0.204. The summed E-state index contributed by atoms with van der Waals surface area (Å²) >= 11 is 0. The number of nitrogen functional groups attached to an aromatic ring is 1. The number of hydrogen-bond donors (Lipinski definition) is 1. The molecule has 222 valence electrons. The summed E-state index contributed by atoms with van der Waals surface area (Å²) < 4.78 is 7.56. The first-order chi connectivity index (χ1) is 21.3. The summed E-state index contributed by atoms with van der Waals surface area (Å²) in [6.45, 7) is 6.20. The fourth-order valence-corrected chi connectivity index (χ4v) is 5.77. The van der Waals surface area contributed by atoms with Crippen molar-refractivity contribution in [2.45, 2.75) is 39.7 Å². The van der Waals surface area contributed by atoms with Crippen LogP contribution < -0.4 is 11.2 Å². The van der Waals surface area contributed by atoms with Crippen molar-refractivity contribution >= 4 is 11.6 Å². The van der Waals surface area contributed by atoms with Crippen molar-refractivity contribution in [2.75, 3.05) is 18.9 Å². The van der Waals surface area contributed by atoms with Gasteiger partial charge in [-0.2, -0.15) is 0 Å². The van der Waals surface area contributed by atoms with Gasteiger partial charge in [0.2, 0.25) is 0 Å². The van der Waals surface area contributed by atoms with Gasteiger partial charge in [-0.05, 0) is 73.1 Å². The van der Waals surface area contributed by atoms with Crippen LogP contribution in [-0.2, 0) is 17.7 Å². The Bertz CT molecular complexity index is 1850. The molecule has 44 heavy (non-hydrogen) atoms. The number of nitrogens with two attached hydrogens (primary N) is 1. The maximum atomic E-state index is 13.7. The summed E-state index contributed by atoms with van der Waals surface area (Å²) in [6, 6.07) is 21.6. The van der Waals surface area contributed by atoms with E-state index in [1.807, 2.05) is 91.3 Å². The summed E-state index contributed by atoms with van der Waals surface area (Å²) in [6.07, 6.45) is 9.23. The Hall–Kier alpha value is -4.88. The molecule has 0 amide bonds. The number of aromatic nitrogens is 3. The van der Waals surface area contributed by atoms with Gasteiger partial charge in [0, 0.05) is 73.4 Å². The standard InChI is InChI=1S/C37H36N4O3/c1-24-3-7-29(8-4-24)33-22-41(21-27-12-15-44-16-13-27)23-34(36(33)43)35(42)18-26-5-9-28(10-6-26)32-19-31(20-40-37(32)38)30-11-14-39-25(2)17-30/h3-11,14,17,19-20,22-23,27H,12-13,15-16,18,21H2,1-2H3,(H2,38,40). The zero-order chi connectivity index (χ0) is 30.6. The molecule has 6 rings (SSSR count). The minimum atomic E-state index is -0.235. The topological polar surface area (TPSA) is 100 Å². The number of nitrogens with zero attached hydrogens (tertiary/aromatic N) is 3. The van der Waals surface area contributed by atoms with E-state index >= 15 is 0 Å². The third kappa shape index (κ3) is 6.53. The molecule has 0 aliphatic carbocycles. The van der Waals surface area contributed by atoms with E-state index < -0.39 is 0 Å². The smallest absolute Gasteiger partial charge is 0.200 e. The second kappa shape index (κ2) is 12.8. The van der Waals surface area contributed by atoms with Gasteiger partial charge in [-0.25, -0.2) is 4.98 Å². The van der Waals surface area contributed by atoms with Crippen molar-refractivity contribution < 1.29 is 9.53 Å². The molecule has 1 aliphatic heterocycles. The van der Waals surface area contributed by atoms with E-state index in [2.05, 4.69) is 9.97 Å². The number of rotatable bonds is 8. The molecular formula is C37H36N4O3. The van der Waals surface area contributed by atoms with E-state index in [0.29, 0.717) is 17.3 Å². The maximum Gasteiger partial charge on any atom is 0.200 e. The number of ether oxygens (including phenoxy) is 1. The van der Waals surface area contributed by atoms with Gasteiger partial charge in [-0.1, -0.05) is 54.1 Å². The van der Waals surface area contributed by atoms with E-state index in [1.165, 1.54) is 0 Å². The highest BCUT2D eigenvalue weighted by molar-refractivity contribution is 5.98. The average molecular weight is 585 g/mol. The van der Waals surface area contributed by atoms with Gasteiger partial charge in [-0.3, -0.25) is 14.6 Å². The van der Waals surface area contributed by atoms with Gasteiger partial charge in [0.1, 0.15) is 5.82 Å². The number of carbonyl (C=O) groups excluding carboxylic acids is 1. The molecule has 0 saturated carbocycles. The summed E-state index contributed by atoms with van der Waals surface area (Å²) in [5.74, 6) is 0.672. The first-order valence-corrected chi connectivity index (χ1v) is 15.0. The molecule has 7 nitrogen and oxygen atoms in total. The number of ketones is 1. The Morgan fingerprint density at radius 1 is 0.864 bits per heavy atom. The van der Waals surface area contributed by atoms with Crippen LogP contribution in [0.2, 0.25) is 0 Å². The van der Waals surface area contributed by atoms with E-state index in [4.69, 9.17) is 10.5 Å². The fraction of sp³-hybridized carbons (Fsp3) is 0.243. The first kappa shape index (κ1) is 29.2. The Morgan fingerprint density at radius 2 is 1.57 bits per heavy atom. The second-order valence-corrected chi connectivity index (χ2v) is 11.7. The molecule has 1 fully saturated rings. The highest BCUT2D eigenvalue weighted by Gasteiger charge is 2.20. The molecule has 7 heteroatoms. The van der Waals surface area contributed by atoms with E-state index in [-0.39, 0.29) is 23.2 Å². The number of aryl methyl sites for hydroxylation is 2. The Balaban J connectivity index is 1.27. The molecule has 0 atom stereocenters. The third-order valence-corrected chi connectivity index (χ3v) is 8.33. The van der Waals surface area contributed by atoms with E-state index in [1.54, 1.807) is 18.6 Å². The third-order valence-electron chi connectivity index (χ3n) is 8.33. The van der Waals surface area contributed by atoms with Crippen LogP contribution >= 0.6 is 0 Å². The molecule has 0 unspecified atom stereocenters. The first-order valence-electron chi connectivity index (χ1n) is 15.0. The molecule has 2 aromatic carbocycles. The summed E-state index contributed by atoms with van der Waals surface area (Å²) in [4.78, 5) is 36.1. The van der Waals surface area contributed by atoms with Crippen molar-refractivity contribution in [3.8, 4) is 33.4 Å². The molecule has 5 aromatic rings. The zero-order valence-electron chi connectivity index (χ0n) is 25.1. The summed E-state index contributed by atoms with van der Waals surface area (Å²) in [7, 11) is 0. The number of anilines is 1. The monoisotopic (exact) mass is 584 g/mol. The predicted molar refractivity (Wildman–Crippen MR) is 175 cm³/mol. The Labute approximate surface area is 257 Å². The van der Waals surface area contributed by atoms with Crippen LogP contribution in [0.3, 0.4) is 0 Å². The molecule has 1 aliphatic rings. The summed E-state index contributed by atoms with van der Waals surface area (Å²) in [5, 5.41) is 0. The lowest BCUT2D eigenvalue weighted by molar-refractivity contribution is 0.0612. The molecule has 2 N–H and O–H groups in total. The van der Waals surface area contributed by atoms with E-state index in [9.17, 15) is 9.59 Å². The fourth-order valence-electron chi connectivity index (χ4n) is 5.77. The van der Waals surface area contributed by atoms with Gasteiger partial charge >= 0.3 is 0 Å². The Morgan fingerprint density at radius 3 is 2.30 bits per heavy atom. The molecule has 0 spiro atoms. The van der Waals surface area contributed by atoms with Crippen LogP contribution in [0.25, 0.3) is 33.4 Å². The predicted octanol–water partition coefficient (Wildman–Crippen LogP) is 6.69. The minimum Gasteiger partial charge on any atom is -0.383 e. The molecule has 1 saturated heterocycles. The number of hydrogen-bond acceptors (Lipinski definition) is 6. The van der Waals surface area contributed by atoms with Gasteiger partial charge in [0.25, 0.3) is 0 Å². The van der Waals surface area contributed by atoms with Crippen LogP contribution in [0.5, 0.6) is 0 Å². The van der Waals surface area contributed by atoms with Gasteiger partial charge in [-0.15, -0.1) is 0 Å². The lowest BCUT2D eigenvalue weighted by Crippen LogP contribution is -2.25. The van der Waals surface area contributed by atoms with Crippen molar-refractivity contribution in [1.29, 1.82) is 0 Å². The lowest BCUT2D eigenvalue weighted by Gasteiger charge is -2.23. The number of pyridine rings is 3. The highest BCUT2D eigenvalue weighted by atomic mass is 16.5. The van der Waals surface area contributed by atoms with Crippen LogP contribution in [0, 0.1) is 19.8 Å².